The highest BCUT2D eigenvalue weighted by Gasteiger charge is 2.46. The van der Waals surface area contributed by atoms with Gasteiger partial charge >= 0.3 is 6.03 Å². The summed E-state index contributed by atoms with van der Waals surface area (Å²) in [6.45, 7) is 7.24. The Hall–Kier alpha value is -0.730. The van der Waals surface area contributed by atoms with Crippen molar-refractivity contribution in [2.75, 3.05) is 6.54 Å². The molecule has 2 amide bonds. The minimum Gasteiger partial charge on any atom is -0.338 e. The molecule has 0 bridgehead atoms. The number of unbranched alkanes of at least 4 members (excludes halogenated alkanes) is 1. The number of hydrogen-bond acceptors (Lipinski definition) is 1. The topological polar surface area (TPSA) is 41.1 Å². The van der Waals surface area contributed by atoms with E-state index in [1.165, 1.54) is 0 Å². The van der Waals surface area contributed by atoms with Crippen LogP contribution in [0.5, 0.6) is 0 Å². The molecule has 1 aliphatic rings. The van der Waals surface area contributed by atoms with Crippen LogP contribution in [0.25, 0.3) is 0 Å². The van der Waals surface area contributed by atoms with E-state index in [0.717, 1.165) is 25.8 Å². The molecular formula is C10H20N2O. The third kappa shape index (κ3) is 3.25. The average molecular weight is 184 g/mol. The van der Waals surface area contributed by atoms with Crippen LogP contribution in [-0.2, 0) is 0 Å². The summed E-state index contributed by atoms with van der Waals surface area (Å²) in [6, 6.07) is 0.373. The number of urea groups is 1. The van der Waals surface area contributed by atoms with Crippen LogP contribution in [0, 0.1) is 5.41 Å². The second-order valence-electron chi connectivity index (χ2n) is 4.50. The van der Waals surface area contributed by atoms with Crippen molar-refractivity contribution in [1.29, 1.82) is 0 Å². The van der Waals surface area contributed by atoms with E-state index in [1.807, 2.05) is 0 Å². The molecular weight excluding hydrogens is 164 g/mol. The van der Waals surface area contributed by atoms with Crippen molar-refractivity contribution in [3.8, 4) is 0 Å². The van der Waals surface area contributed by atoms with E-state index >= 15 is 0 Å². The zero-order valence-electron chi connectivity index (χ0n) is 8.81. The molecule has 0 spiro atoms. The second-order valence-corrected chi connectivity index (χ2v) is 4.50. The molecule has 0 heterocycles. The first-order valence-corrected chi connectivity index (χ1v) is 5.10. The smallest absolute Gasteiger partial charge is 0.315 e. The van der Waals surface area contributed by atoms with Gasteiger partial charge in [0.1, 0.15) is 0 Å². The normalized spacial score (nSPS) is 23.8. The SMILES string of the molecule is CCCCNC(=O)NC1CC1(C)C. The van der Waals surface area contributed by atoms with E-state index in [-0.39, 0.29) is 6.03 Å². The predicted octanol–water partition coefficient (Wildman–Crippen LogP) is 1.88. The Balaban J connectivity index is 2.06. The van der Waals surface area contributed by atoms with Gasteiger partial charge in [-0.2, -0.15) is 0 Å². The number of amides is 2. The molecule has 0 aromatic heterocycles. The molecule has 2 N–H and O–H groups in total. The Morgan fingerprint density at radius 2 is 2.15 bits per heavy atom. The lowest BCUT2D eigenvalue weighted by Gasteiger charge is -2.07. The monoisotopic (exact) mass is 184 g/mol. The highest BCUT2D eigenvalue weighted by Crippen LogP contribution is 2.44. The molecule has 3 nitrogen and oxygen atoms in total. The van der Waals surface area contributed by atoms with Crippen LogP contribution in [0.2, 0.25) is 0 Å². The first kappa shape index (κ1) is 10.4. The molecule has 3 heteroatoms. The molecule has 1 aliphatic carbocycles. The number of hydrogen-bond donors (Lipinski definition) is 2. The van der Waals surface area contributed by atoms with Gasteiger partial charge in [0, 0.05) is 12.6 Å². The first-order valence-electron chi connectivity index (χ1n) is 5.10. The van der Waals surface area contributed by atoms with Gasteiger partial charge in [-0.3, -0.25) is 0 Å². The molecule has 1 atom stereocenters. The van der Waals surface area contributed by atoms with Crippen LogP contribution in [0.1, 0.15) is 40.0 Å². The van der Waals surface area contributed by atoms with Crippen LogP contribution < -0.4 is 10.6 Å². The van der Waals surface area contributed by atoms with Gasteiger partial charge in [-0.05, 0) is 18.3 Å². The van der Waals surface area contributed by atoms with Gasteiger partial charge in [0.2, 0.25) is 0 Å². The highest BCUT2D eigenvalue weighted by atomic mass is 16.2. The molecule has 1 fully saturated rings. The van der Waals surface area contributed by atoms with Gasteiger partial charge in [-0.25, -0.2) is 4.79 Å². The van der Waals surface area contributed by atoms with E-state index < -0.39 is 0 Å². The minimum atomic E-state index is -0.0102. The van der Waals surface area contributed by atoms with Crippen molar-refractivity contribution in [2.45, 2.75) is 46.1 Å². The largest absolute Gasteiger partial charge is 0.338 e. The molecule has 0 saturated heterocycles. The molecule has 1 saturated carbocycles. The molecule has 13 heavy (non-hydrogen) atoms. The summed E-state index contributed by atoms with van der Waals surface area (Å²) in [6.07, 6.45) is 3.28. The van der Waals surface area contributed by atoms with Gasteiger partial charge in [0.15, 0.2) is 0 Å². The highest BCUT2D eigenvalue weighted by molar-refractivity contribution is 5.74. The van der Waals surface area contributed by atoms with Crippen LogP contribution >= 0.6 is 0 Å². The zero-order chi connectivity index (χ0) is 9.90. The lowest BCUT2D eigenvalue weighted by Crippen LogP contribution is -2.38. The van der Waals surface area contributed by atoms with E-state index in [9.17, 15) is 4.79 Å². The molecule has 0 aliphatic heterocycles. The van der Waals surface area contributed by atoms with E-state index in [4.69, 9.17) is 0 Å². The van der Waals surface area contributed by atoms with Gasteiger partial charge in [0.05, 0.1) is 0 Å². The average Bonchev–Trinajstić information content (AvgIpc) is 2.59. The fraction of sp³-hybridized carbons (Fsp3) is 0.900. The van der Waals surface area contributed by atoms with Crippen LogP contribution in [0.4, 0.5) is 4.79 Å². The number of nitrogens with one attached hydrogen (secondary N) is 2. The van der Waals surface area contributed by atoms with E-state index in [1.54, 1.807) is 0 Å². The fourth-order valence-corrected chi connectivity index (χ4v) is 1.30. The molecule has 76 valence electrons. The maximum absolute atomic E-state index is 11.2. The Labute approximate surface area is 80.3 Å². The van der Waals surface area contributed by atoms with E-state index in [0.29, 0.717) is 11.5 Å². The summed E-state index contributed by atoms with van der Waals surface area (Å²) in [5.41, 5.74) is 0.322. The summed E-state index contributed by atoms with van der Waals surface area (Å²) in [5.74, 6) is 0. The Morgan fingerprint density at radius 3 is 2.62 bits per heavy atom. The number of rotatable bonds is 4. The van der Waals surface area contributed by atoms with Crippen molar-refractivity contribution in [3.63, 3.8) is 0 Å². The third-order valence-electron chi connectivity index (χ3n) is 2.63. The van der Waals surface area contributed by atoms with Gasteiger partial charge < -0.3 is 10.6 Å². The standard InChI is InChI=1S/C10H20N2O/c1-4-5-6-11-9(13)12-8-7-10(8,2)3/h8H,4-7H2,1-3H3,(H2,11,12,13). The Kier molecular flexibility index (Phi) is 3.17. The summed E-state index contributed by atoms with van der Waals surface area (Å²) in [5, 5.41) is 5.80. The lowest BCUT2D eigenvalue weighted by atomic mass is 10.2. The summed E-state index contributed by atoms with van der Waals surface area (Å²) in [4.78, 5) is 11.2. The summed E-state index contributed by atoms with van der Waals surface area (Å²) in [7, 11) is 0. The van der Waals surface area contributed by atoms with Crippen molar-refractivity contribution in [1.82, 2.24) is 10.6 Å². The fourth-order valence-electron chi connectivity index (χ4n) is 1.30. The van der Waals surface area contributed by atoms with E-state index in [2.05, 4.69) is 31.4 Å². The summed E-state index contributed by atoms with van der Waals surface area (Å²) >= 11 is 0. The summed E-state index contributed by atoms with van der Waals surface area (Å²) < 4.78 is 0. The van der Waals surface area contributed by atoms with Gasteiger partial charge in [0.25, 0.3) is 0 Å². The number of carbonyl (C=O) groups is 1. The Bertz CT molecular complexity index is 189. The van der Waals surface area contributed by atoms with Gasteiger partial charge in [-0.1, -0.05) is 27.2 Å². The molecule has 0 radical (unpaired) electrons. The first-order chi connectivity index (χ1) is 6.06. The maximum Gasteiger partial charge on any atom is 0.315 e. The molecule has 0 aromatic carbocycles. The second kappa shape index (κ2) is 3.99. The maximum atomic E-state index is 11.2. The third-order valence-corrected chi connectivity index (χ3v) is 2.63. The van der Waals surface area contributed by atoms with Crippen molar-refractivity contribution < 1.29 is 4.79 Å². The molecule has 1 unspecified atom stereocenters. The zero-order valence-corrected chi connectivity index (χ0v) is 8.81. The van der Waals surface area contributed by atoms with Crippen molar-refractivity contribution in [3.05, 3.63) is 0 Å². The van der Waals surface area contributed by atoms with Crippen molar-refractivity contribution >= 4 is 6.03 Å². The quantitative estimate of drug-likeness (QED) is 0.644. The lowest BCUT2D eigenvalue weighted by molar-refractivity contribution is 0.239. The van der Waals surface area contributed by atoms with Gasteiger partial charge in [-0.15, -0.1) is 0 Å². The molecule has 1 rings (SSSR count). The van der Waals surface area contributed by atoms with Crippen LogP contribution in [0.3, 0.4) is 0 Å². The number of carbonyl (C=O) groups excluding carboxylic acids is 1. The van der Waals surface area contributed by atoms with Crippen LogP contribution in [0.15, 0.2) is 0 Å². The van der Waals surface area contributed by atoms with Crippen LogP contribution in [-0.4, -0.2) is 18.6 Å². The van der Waals surface area contributed by atoms with Crippen molar-refractivity contribution in [2.24, 2.45) is 5.41 Å². The predicted molar refractivity (Wildman–Crippen MR) is 53.6 cm³/mol. The Morgan fingerprint density at radius 1 is 1.54 bits per heavy atom. The minimum absolute atomic E-state index is 0.0102. The molecule has 0 aromatic rings.